The van der Waals surface area contributed by atoms with Crippen LogP contribution in [0.1, 0.15) is 25.7 Å². The fourth-order valence-electron chi connectivity index (χ4n) is 3.39. The molecule has 0 aromatic rings. The lowest BCUT2D eigenvalue weighted by molar-refractivity contribution is -0.373. The van der Waals surface area contributed by atoms with Crippen LogP contribution in [0.3, 0.4) is 0 Å². The average molecular weight is 308 g/mol. The maximum Gasteiger partial charge on any atom is 0.426 e. The van der Waals surface area contributed by atoms with Crippen LogP contribution in [-0.2, 0) is 0 Å². The second kappa shape index (κ2) is 4.44. The van der Waals surface area contributed by atoms with Gasteiger partial charge in [0.1, 0.15) is 0 Å². The minimum Gasteiger partial charge on any atom is -0.374 e. The highest BCUT2D eigenvalue weighted by atomic mass is 32.1. The summed E-state index contributed by atoms with van der Waals surface area (Å²) in [7, 11) is 0. The first kappa shape index (κ1) is 15.3. The van der Waals surface area contributed by atoms with Gasteiger partial charge in [0.2, 0.25) is 0 Å². The fourth-order valence-corrected chi connectivity index (χ4v) is 3.90. The van der Waals surface area contributed by atoms with Crippen molar-refractivity contribution in [2.45, 2.75) is 48.9 Å². The van der Waals surface area contributed by atoms with E-state index in [0.29, 0.717) is 12.8 Å². The van der Waals surface area contributed by atoms with Gasteiger partial charge < -0.3 is 5.11 Å². The zero-order valence-corrected chi connectivity index (χ0v) is 10.7. The van der Waals surface area contributed by atoms with Crippen LogP contribution in [0.5, 0.6) is 0 Å². The molecule has 0 aromatic carbocycles. The zero-order valence-electron chi connectivity index (χ0n) is 9.80. The molecule has 1 N–H and O–H groups in total. The SMILES string of the molecule is OC(CC1CC2CC1C[C@@H]2S)(C(F)(F)F)C(F)(F)F. The van der Waals surface area contributed by atoms with E-state index in [9.17, 15) is 26.3 Å². The molecule has 2 saturated carbocycles. The standard InChI is InChI=1S/C11H14F6OS/c12-10(13,14)9(18,11(15,16)17)4-7-2-6-1-5(7)3-8(6)19/h5-8,18-19H,1-4H2/t5?,6?,7?,8-/m0/s1. The fraction of sp³-hybridized carbons (Fsp3) is 1.00. The minimum absolute atomic E-state index is 0.0612. The number of hydrogen-bond donors (Lipinski definition) is 2. The molecular formula is C11H14F6OS. The molecule has 0 spiro atoms. The summed E-state index contributed by atoms with van der Waals surface area (Å²) in [5, 5.41) is 9.23. The van der Waals surface area contributed by atoms with Crippen LogP contribution in [0.4, 0.5) is 26.3 Å². The summed E-state index contributed by atoms with van der Waals surface area (Å²) < 4.78 is 75.5. The van der Waals surface area contributed by atoms with Gasteiger partial charge >= 0.3 is 12.4 Å². The molecule has 1 nitrogen and oxygen atoms in total. The Hall–Kier alpha value is -0.110. The molecule has 0 amide bonds. The van der Waals surface area contributed by atoms with Gasteiger partial charge in [-0.1, -0.05) is 0 Å². The molecule has 2 aliphatic rings. The van der Waals surface area contributed by atoms with Crippen molar-refractivity contribution in [3.63, 3.8) is 0 Å². The van der Waals surface area contributed by atoms with Gasteiger partial charge in [-0.2, -0.15) is 39.0 Å². The summed E-state index contributed by atoms with van der Waals surface area (Å²) in [6, 6.07) is 0. The lowest BCUT2D eigenvalue weighted by Gasteiger charge is -2.37. The Morgan fingerprint density at radius 3 is 1.74 bits per heavy atom. The number of fused-ring (bicyclic) bond motifs is 2. The summed E-state index contributed by atoms with van der Waals surface area (Å²) in [4.78, 5) is 0. The Kier molecular flexibility index (Phi) is 3.57. The molecule has 0 heterocycles. The molecule has 0 aliphatic heterocycles. The minimum atomic E-state index is -5.70. The molecule has 2 rings (SSSR count). The Labute approximate surface area is 111 Å². The van der Waals surface area contributed by atoms with Crippen LogP contribution >= 0.6 is 12.6 Å². The summed E-state index contributed by atoms with van der Waals surface area (Å²) in [5.41, 5.74) is -4.60. The third-order valence-electron chi connectivity index (χ3n) is 4.46. The molecule has 0 radical (unpaired) electrons. The largest absolute Gasteiger partial charge is 0.426 e. The van der Waals surface area contributed by atoms with Crippen LogP contribution in [0.2, 0.25) is 0 Å². The van der Waals surface area contributed by atoms with E-state index in [1.165, 1.54) is 0 Å². The van der Waals surface area contributed by atoms with Crippen molar-refractivity contribution >= 4 is 12.6 Å². The van der Waals surface area contributed by atoms with Gasteiger partial charge in [0.25, 0.3) is 5.60 Å². The molecule has 0 aromatic heterocycles. The third-order valence-corrected chi connectivity index (χ3v) is 5.09. The van der Waals surface area contributed by atoms with E-state index in [0.717, 1.165) is 0 Å². The topological polar surface area (TPSA) is 20.2 Å². The Morgan fingerprint density at radius 2 is 1.42 bits per heavy atom. The molecule has 2 bridgehead atoms. The Morgan fingerprint density at radius 1 is 0.895 bits per heavy atom. The number of thiol groups is 1. The number of halogens is 6. The second-order valence-electron chi connectivity index (χ2n) is 5.61. The predicted molar refractivity (Wildman–Crippen MR) is 58.8 cm³/mol. The van der Waals surface area contributed by atoms with Crippen molar-refractivity contribution in [2.24, 2.45) is 17.8 Å². The van der Waals surface area contributed by atoms with Crippen molar-refractivity contribution in [3.8, 4) is 0 Å². The first-order valence-corrected chi connectivity index (χ1v) is 6.51. The van der Waals surface area contributed by atoms with E-state index >= 15 is 0 Å². The lowest BCUT2D eigenvalue weighted by Crippen LogP contribution is -2.58. The van der Waals surface area contributed by atoms with E-state index in [1.54, 1.807) is 0 Å². The summed E-state index contributed by atoms with van der Waals surface area (Å²) in [6.07, 6.45) is -11.3. The highest BCUT2D eigenvalue weighted by Gasteiger charge is 2.71. The van der Waals surface area contributed by atoms with Crippen molar-refractivity contribution in [2.75, 3.05) is 0 Å². The van der Waals surface area contributed by atoms with Gasteiger partial charge in [-0.05, 0) is 43.4 Å². The number of hydrogen-bond acceptors (Lipinski definition) is 2. The van der Waals surface area contributed by atoms with Crippen molar-refractivity contribution in [1.82, 2.24) is 0 Å². The van der Waals surface area contributed by atoms with E-state index in [4.69, 9.17) is 5.11 Å². The van der Waals surface area contributed by atoms with Crippen LogP contribution in [0.15, 0.2) is 0 Å². The summed E-state index contributed by atoms with van der Waals surface area (Å²) in [5.74, 6) is -0.852. The molecule has 2 fully saturated rings. The van der Waals surface area contributed by atoms with Crippen molar-refractivity contribution < 1.29 is 31.4 Å². The molecule has 0 saturated heterocycles. The molecule has 112 valence electrons. The quantitative estimate of drug-likeness (QED) is 0.590. The first-order chi connectivity index (χ1) is 8.46. The van der Waals surface area contributed by atoms with Crippen LogP contribution < -0.4 is 0 Å². The monoisotopic (exact) mass is 308 g/mol. The van der Waals surface area contributed by atoms with Gasteiger partial charge in [0.05, 0.1) is 0 Å². The van der Waals surface area contributed by atoms with Crippen molar-refractivity contribution in [3.05, 3.63) is 0 Å². The summed E-state index contributed by atoms with van der Waals surface area (Å²) >= 11 is 4.26. The van der Waals surface area contributed by atoms with E-state index in [-0.39, 0.29) is 23.5 Å². The maximum atomic E-state index is 12.6. The zero-order chi connectivity index (χ0) is 14.6. The molecule has 2 aliphatic carbocycles. The number of alkyl halides is 6. The molecule has 8 heteroatoms. The summed E-state index contributed by atoms with van der Waals surface area (Å²) in [6.45, 7) is 0. The Bertz CT molecular complexity index is 336. The maximum absolute atomic E-state index is 12.6. The average Bonchev–Trinajstić information content (AvgIpc) is 2.72. The van der Waals surface area contributed by atoms with Gasteiger partial charge in [-0.15, -0.1) is 0 Å². The molecule has 4 atom stereocenters. The third kappa shape index (κ3) is 2.46. The van der Waals surface area contributed by atoms with E-state index in [1.807, 2.05) is 0 Å². The molecular weight excluding hydrogens is 294 g/mol. The lowest BCUT2D eigenvalue weighted by atomic mass is 9.79. The normalized spacial score (nSPS) is 36.0. The van der Waals surface area contributed by atoms with Gasteiger partial charge in [0, 0.05) is 5.25 Å². The van der Waals surface area contributed by atoms with Gasteiger partial charge in [-0.25, -0.2) is 0 Å². The number of aliphatic hydroxyl groups is 1. The highest BCUT2D eigenvalue weighted by Crippen LogP contribution is 2.56. The van der Waals surface area contributed by atoms with Crippen LogP contribution in [0, 0.1) is 17.8 Å². The van der Waals surface area contributed by atoms with E-state index in [2.05, 4.69) is 12.6 Å². The Balaban J connectivity index is 2.16. The van der Waals surface area contributed by atoms with Crippen LogP contribution in [0.25, 0.3) is 0 Å². The highest BCUT2D eigenvalue weighted by molar-refractivity contribution is 7.81. The van der Waals surface area contributed by atoms with Gasteiger partial charge in [0.15, 0.2) is 0 Å². The number of rotatable bonds is 2. The van der Waals surface area contributed by atoms with Crippen molar-refractivity contribution in [1.29, 1.82) is 0 Å². The second-order valence-corrected chi connectivity index (χ2v) is 6.28. The van der Waals surface area contributed by atoms with Gasteiger partial charge in [-0.3, -0.25) is 0 Å². The first-order valence-electron chi connectivity index (χ1n) is 5.99. The smallest absolute Gasteiger partial charge is 0.374 e. The molecule has 3 unspecified atom stereocenters. The van der Waals surface area contributed by atoms with E-state index < -0.39 is 30.3 Å². The predicted octanol–water partition coefficient (Wildman–Crippen LogP) is 3.58. The molecule has 19 heavy (non-hydrogen) atoms. The van der Waals surface area contributed by atoms with Crippen LogP contribution in [-0.4, -0.2) is 28.3 Å².